The van der Waals surface area contributed by atoms with E-state index in [1.54, 1.807) is 13.8 Å². The standard InChI is InChI=1S/C23H32F3N3O7/c1-15(2)34-22(33)36-16(3)35-20(30)5-4-8-27-19-13-18(23(24,25)26)7-6-17(19)14-28-9-11-29(12-10-28)21(31)32/h6-7,13,15-16,27H,4-5,8-12,14H2,1-3H3,(H,31,32)/p-1. The van der Waals surface area contributed by atoms with Crippen molar-refractivity contribution in [2.75, 3.05) is 38.0 Å². The van der Waals surface area contributed by atoms with E-state index >= 15 is 0 Å². The van der Waals surface area contributed by atoms with Crippen LogP contribution in [0.3, 0.4) is 0 Å². The van der Waals surface area contributed by atoms with Crippen LogP contribution in [0.1, 0.15) is 44.7 Å². The van der Waals surface area contributed by atoms with Crippen molar-refractivity contribution < 1.29 is 46.9 Å². The Labute approximate surface area is 207 Å². The predicted octanol–water partition coefficient (Wildman–Crippen LogP) is 2.81. The number of nitrogens with one attached hydrogen (secondary N) is 1. The number of carboxylic acid groups (broad SMARTS) is 1. The van der Waals surface area contributed by atoms with Crippen LogP contribution in [-0.2, 0) is 31.7 Å². The lowest BCUT2D eigenvalue weighted by Gasteiger charge is -2.36. The third-order valence-corrected chi connectivity index (χ3v) is 5.23. The largest absolute Gasteiger partial charge is 0.530 e. The molecule has 0 aromatic heterocycles. The van der Waals surface area contributed by atoms with Gasteiger partial charge in [0.1, 0.15) is 6.09 Å². The minimum absolute atomic E-state index is 0.0561. The molecule has 0 saturated carbocycles. The van der Waals surface area contributed by atoms with E-state index in [0.29, 0.717) is 25.2 Å². The summed E-state index contributed by atoms with van der Waals surface area (Å²) in [5, 5.41) is 13.9. The highest BCUT2D eigenvalue weighted by Crippen LogP contribution is 2.32. The lowest BCUT2D eigenvalue weighted by atomic mass is 10.1. The second-order valence-corrected chi connectivity index (χ2v) is 8.52. The maximum absolute atomic E-state index is 13.2. The summed E-state index contributed by atoms with van der Waals surface area (Å²) in [7, 11) is 0. The molecule has 1 aliphatic rings. The Morgan fingerprint density at radius 1 is 1.06 bits per heavy atom. The van der Waals surface area contributed by atoms with Gasteiger partial charge in [-0.25, -0.2) is 4.79 Å². The minimum atomic E-state index is -4.52. The summed E-state index contributed by atoms with van der Waals surface area (Å²) in [5.41, 5.74) is 0.0704. The zero-order chi connectivity index (χ0) is 26.9. The average molecular weight is 519 g/mol. The normalized spacial score (nSPS) is 15.4. The van der Waals surface area contributed by atoms with Gasteiger partial charge in [0, 0.05) is 58.3 Å². The van der Waals surface area contributed by atoms with E-state index in [2.05, 4.69) is 5.32 Å². The highest BCUT2D eigenvalue weighted by Gasteiger charge is 2.31. The number of nitrogens with zero attached hydrogens (tertiary/aromatic N) is 2. The minimum Gasteiger partial charge on any atom is -0.530 e. The van der Waals surface area contributed by atoms with Gasteiger partial charge in [0.25, 0.3) is 0 Å². The van der Waals surface area contributed by atoms with Gasteiger partial charge in [0.2, 0.25) is 6.29 Å². The van der Waals surface area contributed by atoms with Gasteiger partial charge in [0.15, 0.2) is 0 Å². The molecule has 202 valence electrons. The fourth-order valence-electron chi connectivity index (χ4n) is 3.46. The van der Waals surface area contributed by atoms with Gasteiger partial charge in [0.05, 0.1) is 11.7 Å². The van der Waals surface area contributed by atoms with E-state index < -0.39 is 36.2 Å². The number of halogens is 3. The molecule has 1 aromatic carbocycles. The maximum Gasteiger partial charge on any atom is 0.511 e. The van der Waals surface area contributed by atoms with Crippen molar-refractivity contribution in [2.24, 2.45) is 0 Å². The molecule has 1 amide bonds. The molecule has 2 rings (SSSR count). The molecule has 1 atom stereocenters. The Hall–Kier alpha value is -3.22. The number of esters is 1. The first-order valence-electron chi connectivity index (χ1n) is 11.5. The van der Waals surface area contributed by atoms with Crippen LogP contribution in [0.5, 0.6) is 0 Å². The van der Waals surface area contributed by atoms with Gasteiger partial charge in [-0.15, -0.1) is 0 Å². The highest BCUT2D eigenvalue weighted by molar-refractivity contribution is 5.70. The lowest BCUT2D eigenvalue weighted by Crippen LogP contribution is -2.52. The second kappa shape index (κ2) is 13.2. The first kappa shape index (κ1) is 29.0. The molecule has 0 aliphatic carbocycles. The molecule has 0 radical (unpaired) electrons. The van der Waals surface area contributed by atoms with E-state index in [9.17, 15) is 32.7 Å². The quantitative estimate of drug-likeness (QED) is 0.283. The molecule has 0 spiro atoms. The number of anilines is 1. The first-order chi connectivity index (χ1) is 16.8. The number of rotatable bonds is 10. The Kier molecular flexibility index (Phi) is 10.6. The predicted molar refractivity (Wildman–Crippen MR) is 120 cm³/mol. The van der Waals surface area contributed by atoms with Crippen molar-refractivity contribution in [1.82, 2.24) is 9.80 Å². The van der Waals surface area contributed by atoms with E-state index in [0.717, 1.165) is 12.1 Å². The van der Waals surface area contributed by atoms with Gasteiger partial charge in [-0.2, -0.15) is 13.2 Å². The van der Waals surface area contributed by atoms with E-state index in [-0.39, 0.29) is 44.3 Å². The summed E-state index contributed by atoms with van der Waals surface area (Å²) < 4.78 is 54.3. The summed E-state index contributed by atoms with van der Waals surface area (Å²) in [4.78, 5) is 37.5. The van der Waals surface area contributed by atoms with Crippen LogP contribution in [0, 0.1) is 0 Å². The molecule has 1 aliphatic heterocycles. The summed E-state index contributed by atoms with van der Waals surface area (Å²) >= 11 is 0. The van der Waals surface area contributed by atoms with Gasteiger partial charge in [-0.1, -0.05) is 6.07 Å². The molecule has 10 nitrogen and oxygen atoms in total. The topological polar surface area (TPSA) is 120 Å². The molecule has 13 heteroatoms. The summed E-state index contributed by atoms with van der Waals surface area (Å²) in [5.74, 6) is -0.642. The number of piperazine rings is 1. The molecule has 1 N–H and O–H groups in total. The smallest absolute Gasteiger partial charge is 0.511 e. The molecule has 1 aromatic rings. The first-order valence-corrected chi connectivity index (χ1v) is 11.5. The average Bonchev–Trinajstić information content (AvgIpc) is 2.76. The van der Waals surface area contributed by atoms with Crippen LogP contribution in [0.15, 0.2) is 18.2 Å². The molecule has 0 bridgehead atoms. The Morgan fingerprint density at radius 2 is 1.72 bits per heavy atom. The van der Waals surface area contributed by atoms with Gasteiger partial charge >= 0.3 is 18.3 Å². The molecule has 1 unspecified atom stereocenters. The Balaban J connectivity index is 1.90. The van der Waals surface area contributed by atoms with Crippen LogP contribution < -0.4 is 10.4 Å². The van der Waals surface area contributed by atoms with E-state index in [4.69, 9.17) is 14.2 Å². The summed E-state index contributed by atoms with van der Waals surface area (Å²) in [6.07, 6.45) is -8.08. The van der Waals surface area contributed by atoms with Crippen LogP contribution in [0.2, 0.25) is 0 Å². The highest BCUT2D eigenvalue weighted by atomic mass is 19.4. The molecule has 1 fully saturated rings. The van der Waals surface area contributed by atoms with Crippen molar-refractivity contribution in [2.45, 2.75) is 58.7 Å². The third kappa shape index (κ3) is 9.80. The number of carbonyl (C=O) groups excluding carboxylic acids is 3. The fourth-order valence-corrected chi connectivity index (χ4v) is 3.46. The number of hydrogen-bond donors (Lipinski definition) is 1. The SMILES string of the molecule is CC(C)OC(=O)OC(C)OC(=O)CCCNc1cc(C(F)(F)F)ccc1CN1CCN(C(=O)[O-])CC1. The third-order valence-electron chi connectivity index (χ3n) is 5.23. The van der Waals surface area contributed by atoms with Crippen LogP contribution in [0.25, 0.3) is 0 Å². The van der Waals surface area contributed by atoms with Crippen molar-refractivity contribution in [3.63, 3.8) is 0 Å². The van der Waals surface area contributed by atoms with Crippen molar-refractivity contribution in [1.29, 1.82) is 0 Å². The van der Waals surface area contributed by atoms with Crippen molar-refractivity contribution >= 4 is 23.9 Å². The van der Waals surface area contributed by atoms with Crippen molar-refractivity contribution in [3.8, 4) is 0 Å². The molecule has 36 heavy (non-hydrogen) atoms. The number of amides is 1. The number of carbonyl (C=O) groups is 3. The molecule has 1 saturated heterocycles. The lowest BCUT2D eigenvalue weighted by molar-refractivity contribution is -0.266. The Bertz CT molecular complexity index is 903. The molecular weight excluding hydrogens is 487 g/mol. The van der Waals surface area contributed by atoms with Gasteiger partial charge in [-0.3, -0.25) is 9.69 Å². The van der Waals surface area contributed by atoms with Crippen LogP contribution in [0.4, 0.5) is 28.4 Å². The number of hydrogen-bond acceptors (Lipinski definition) is 9. The van der Waals surface area contributed by atoms with E-state index in [1.807, 2.05) is 4.90 Å². The van der Waals surface area contributed by atoms with Crippen LogP contribution in [-0.4, -0.2) is 73.1 Å². The number of alkyl halides is 3. The molecule has 1 heterocycles. The molecular formula is C23H31F3N3O7-. The number of ether oxygens (including phenoxy) is 3. The zero-order valence-electron chi connectivity index (χ0n) is 20.4. The maximum atomic E-state index is 13.2. The van der Waals surface area contributed by atoms with Gasteiger partial charge < -0.3 is 34.3 Å². The monoisotopic (exact) mass is 518 g/mol. The van der Waals surface area contributed by atoms with Crippen molar-refractivity contribution in [3.05, 3.63) is 29.3 Å². The van der Waals surface area contributed by atoms with Crippen LogP contribution >= 0.6 is 0 Å². The van der Waals surface area contributed by atoms with Gasteiger partial charge in [-0.05, 0) is 38.0 Å². The summed E-state index contributed by atoms with van der Waals surface area (Å²) in [6.45, 7) is 6.50. The summed E-state index contributed by atoms with van der Waals surface area (Å²) in [6, 6.07) is 3.40. The van der Waals surface area contributed by atoms with E-state index in [1.165, 1.54) is 17.9 Å². The Morgan fingerprint density at radius 3 is 2.31 bits per heavy atom. The second-order valence-electron chi connectivity index (χ2n) is 8.52. The zero-order valence-corrected chi connectivity index (χ0v) is 20.4. The fraction of sp³-hybridized carbons (Fsp3) is 0.609. The number of benzene rings is 1.